The largest absolute Gasteiger partial charge is 0.433 e. The number of Topliss-reactive ketones (excluding diaryl/α,β-unsaturated/α-hetero) is 1. The van der Waals surface area contributed by atoms with Gasteiger partial charge in [-0.1, -0.05) is 13.8 Å². The van der Waals surface area contributed by atoms with Gasteiger partial charge in [0.05, 0.1) is 0 Å². The van der Waals surface area contributed by atoms with Gasteiger partial charge >= 0.3 is 17.9 Å². The van der Waals surface area contributed by atoms with Gasteiger partial charge in [0.15, 0.2) is 6.10 Å². The highest BCUT2D eigenvalue weighted by Crippen LogP contribution is 2.02. The maximum absolute atomic E-state index is 11.2. The molecule has 0 aliphatic rings. The topological polar surface area (TPSA) is 127 Å². The summed E-state index contributed by atoms with van der Waals surface area (Å²) in [5.74, 6) is -5.03. The van der Waals surface area contributed by atoms with Crippen molar-refractivity contribution in [2.75, 3.05) is 0 Å². The Morgan fingerprint density at radius 2 is 1.50 bits per heavy atom. The Kier molecular flexibility index (Phi) is 6.76. The fourth-order valence-electron chi connectivity index (χ4n) is 0.759. The Morgan fingerprint density at radius 1 is 1.00 bits per heavy atom. The lowest BCUT2D eigenvalue weighted by Crippen LogP contribution is -2.42. The van der Waals surface area contributed by atoms with Gasteiger partial charge < -0.3 is 19.7 Å². The Bertz CT molecular complexity index is 348. The summed E-state index contributed by atoms with van der Waals surface area (Å²) >= 11 is 0. The lowest BCUT2D eigenvalue weighted by molar-refractivity contribution is -0.192. The molecule has 18 heavy (non-hydrogen) atoms. The second-order valence-electron chi connectivity index (χ2n) is 3.16. The molecule has 0 rings (SSSR count). The summed E-state index contributed by atoms with van der Waals surface area (Å²) in [6, 6.07) is 0. The summed E-state index contributed by atoms with van der Waals surface area (Å²) in [6.45, 7) is 2.83. The van der Waals surface area contributed by atoms with Crippen molar-refractivity contribution in [3.8, 4) is 0 Å². The van der Waals surface area contributed by atoms with Crippen molar-refractivity contribution in [2.45, 2.75) is 39.1 Å². The molecular weight excluding hydrogens is 248 g/mol. The predicted octanol–water partition coefficient (Wildman–Crippen LogP) is -1.33. The number of aliphatic hydroxyl groups is 2. The molecule has 0 amide bonds. The van der Waals surface area contributed by atoms with Gasteiger partial charge in [0.25, 0.3) is 5.78 Å². The number of carbonyl (C=O) groups excluding carboxylic acids is 4. The first-order valence-corrected chi connectivity index (χ1v) is 5.17. The van der Waals surface area contributed by atoms with Crippen LogP contribution >= 0.6 is 0 Å². The number of hydrogen-bond donors (Lipinski definition) is 2. The third-order valence-electron chi connectivity index (χ3n) is 1.78. The summed E-state index contributed by atoms with van der Waals surface area (Å²) in [7, 11) is 0. The summed E-state index contributed by atoms with van der Waals surface area (Å²) in [5.41, 5.74) is 0. The molecule has 0 radical (unpaired) electrons. The molecule has 8 nitrogen and oxygen atoms in total. The monoisotopic (exact) mass is 262 g/mol. The molecule has 0 fully saturated rings. The summed E-state index contributed by atoms with van der Waals surface area (Å²) in [5, 5.41) is 18.3. The van der Waals surface area contributed by atoms with Gasteiger partial charge in [0, 0.05) is 12.8 Å². The molecule has 0 aliphatic heterocycles. The average molecular weight is 262 g/mol. The minimum atomic E-state index is -2.29. The van der Waals surface area contributed by atoms with Crippen LogP contribution in [0.25, 0.3) is 0 Å². The Morgan fingerprint density at radius 3 is 1.94 bits per heavy atom. The van der Waals surface area contributed by atoms with Crippen molar-refractivity contribution in [3.63, 3.8) is 0 Å². The number of ketones is 1. The summed E-state index contributed by atoms with van der Waals surface area (Å²) in [6.07, 6.45) is -4.70. The van der Waals surface area contributed by atoms with Crippen molar-refractivity contribution in [1.82, 2.24) is 0 Å². The van der Waals surface area contributed by atoms with E-state index in [1.807, 2.05) is 0 Å². The van der Waals surface area contributed by atoms with Crippen LogP contribution in [0.2, 0.25) is 0 Å². The van der Waals surface area contributed by atoms with Crippen molar-refractivity contribution >= 4 is 23.7 Å². The lowest BCUT2D eigenvalue weighted by Gasteiger charge is -2.15. The zero-order chi connectivity index (χ0) is 14.3. The number of hydrogen-bond acceptors (Lipinski definition) is 8. The molecule has 0 heterocycles. The first-order chi connectivity index (χ1) is 8.33. The van der Waals surface area contributed by atoms with Gasteiger partial charge in [-0.25, -0.2) is 4.79 Å². The molecule has 2 unspecified atom stereocenters. The number of rotatable bonds is 6. The SMILES string of the molecule is CCC(=O)OC(=O)C(=O)C(O)C(O)OC(=O)CC. The first kappa shape index (κ1) is 16.2. The van der Waals surface area contributed by atoms with Crippen LogP contribution in [-0.4, -0.2) is 46.3 Å². The highest BCUT2D eigenvalue weighted by Gasteiger charge is 2.34. The molecule has 0 saturated carbocycles. The second-order valence-corrected chi connectivity index (χ2v) is 3.16. The Labute approximate surface area is 102 Å². The van der Waals surface area contributed by atoms with Crippen LogP contribution in [0.1, 0.15) is 26.7 Å². The van der Waals surface area contributed by atoms with E-state index in [0.29, 0.717) is 0 Å². The van der Waals surface area contributed by atoms with E-state index < -0.39 is 36.1 Å². The van der Waals surface area contributed by atoms with E-state index in [9.17, 15) is 24.3 Å². The van der Waals surface area contributed by atoms with Crippen molar-refractivity contribution in [3.05, 3.63) is 0 Å². The third-order valence-corrected chi connectivity index (χ3v) is 1.78. The molecule has 2 atom stereocenters. The number of ether oxygens (including phenoxy) is 2. The molecule has 102 valence electrons. The molecule has 0 spiro atoms. The summed E-state index contributed by atoms with van der Waals surface area (Å²) < 4.78 is 8.24. The third kappa shape index (κ3) is 5.02. The molecule has 2 N–H and O–H groups in total. The zero-order valence-electron chi connectivity index (χ0n) is 9.91. The van der Waals surface area contributed by atoms with Gasteiger partial charge in [-0.2, -0.15) is 0 Å². The fourth-order valence-corrected chi connectivity index (χ4v) is 0.759. The number of esters is 3. The van der Waals surface area contributed by atoms with Gasteiger partial charge in [-0.05, 0) is 0 Å². The van der Waals surface area contributed by atoms with Crippen molar-refractivity contribution < 1.29 is 38.9 Å². The normalized spacial score (nSPS) is 13.3. The van der Waals surface area contributed by atoms with Crippen molar-refractivity contribution in [2.24, 2.45) is 0 Å². The molecule has 0 bridgehead atoms. The van der Waals surface area contributed by atoms with E-state index in [4.69, 9.17) is 5.11 Å². The van der Waals surface area contributed by atoms with Crippen LogP contribution in [0.15, 0.2) is 0 Å². The van der Waals surface area contributed by atoms with E-state index in [2.05, 4.69) is 9.47 Å². The molecule has 0 saturated heterocycles. The van der Waals surface area contributed by atoms with E-state index >= 15 is 0 Å². The lowest BCUT2D eigenvalue weighted by atomic mass is 10.2. The molecule has 0 aromatic rings. The highest BCUT2D eigenvalue weighted by molar-refractivity contribution is 6.36. The zero-order valence-corrected chi connectivity index (χ0v) is 9.91. The molecular formula is C10H14O8. The van der Waals surface area contributed by atoms with Crippen LogP contribution in [0, 0.1) is 0 Å². The number of aliphatic hydroxyl groups excluding tert-OH is 2. The maximum atomic E-state index is 11.2. The highest BCUT2D eigenvalue weighted by atomic mass is 16.6. The fraction of sp³-hybridized carbons (Fsp3) is 0.600. The molecule has 0 aliphatic carbocycles. The Hall–Kier alpha value is -1.80. The van der Waals surface area contributed by atoms with E-state index in [-0.39, 0.29) is 12.8 Å². The van der Waals surface area contributed by atoms with Gasteiger partial charge in [-0.3, -0.25) is 14.4 Å². The van der Waals surface area contributed by atoms with Gasteiger partial charge in [0.1, 0.15) is 0 Å². The standard InChI is InChI=1S/C10H14O8/c1-3-5(11)17-9(15)7(13)8(14)10(16)18-6(12)4-2/h7,9,13,15H,3-4H2,1-2H3. The minimum absolute atomic E-state index is 0.0866. The molecule has 8 heteroatoms. The van der Waals surface area contributed by atoms with Crippen LogP contribution in [0.3, 0.4) is 0 Å². The van der Waals surface area contributed by atoms with Crippen LogP contribution < -0.4 is 0 Å². The quantitative estimate of drug-likeness (QED) is 0.261. The molecule has 0 aromatic heterocycles. The van der Waals surface area contributed by atoms with Gasteiger partial charge in [0.2, 0.25) is 6.29 Å². The average Bonchev–Trinajstić information content (AvgIpc) is 2.36. The predicted molar refractivity (Wildman–Crippen MR) is 54.8 cm³/mol. The van der Waals surface area contributed by atoms with Crippen LogP contribution in [0.4, 0.5) is 0 Å². The van der Waals surface area contributed by atoms with Crippen LogP contribution in [0.5, 0.6) is 0 Å². The Balaban J connectivity index is 4.44. The summed E-state index contributed by atoms with van der Waals surface area (Å²) in [4.78, 5) is 43.7. The minimum Gasteiger partial charge on any atom is -0.433 e. The van der Waals surface area contributed by atoms with Crippen molar-refractivity contribution in [1.29, 1.82) is 0 Å². The second kappa shape index (κ2) is 7.51. The van der Waals surface area contributed by atoms with E-state index in [1.165, 1.54) is 13.8 Å². The maximum Gasteiger partial charge on any atom is 0.385 e. The first-order valence-electron chi connectivity index (χ1n) is 5.17. The van der Waals surface area contributed by atoms with E-state index in [1.54, 1.807) is 0 Å². The van der Waals surface area contributed by atoms with E-state index in [0.717, 1.165) is 0 Å². The van der Waals surface area contributed by atoms with Crippen LogP contribution in [-0.2, 0) is 28.7 Å². The number of carbonyl (C=O) groups is 4. The molecule has 0 aromatic carbocycles. The smallest absolute Gasteiger partial charge is 0.385 e. The van der Waals surface area contributed by atoms with Gasteiger partial charge in [-0.15, -0.1) is 0 Å².